The minimum absolute atomic E-state index is 0.549. The van der Waals surface area contributed by atoms with E-state index in [-0.39, 0.29) is 0 Å². The van der Waals surface area contributed by atoms with Crippen molar-refractivity contribution in [1.29, 1.82) is 0 Å². The number of hydrogen-bond acceptors (Lipinski definition) is 1. The fourth-order valence-corrected chi connectivity index (χ4v) is 10.1. The molecule has 3 heteroatoms. The van der Waals surface area contributed by atoms with Gasteiger partial charge < -0.3 is 13.9 Å². The molecule has 3 heterocycles. The molecular weight excluding hydrogens is 705 g/mol. The third-order valence-electron chi connectivity index (χ3n) is 12.7. The van der Waals surface area contributed by atoms with Crippen LogP contribution in [-0.2, 0) is 13.0 Å². The number of para-hydroxylation sites is 1. The van der Waals surface area contributed by atoms with Gasteiger partial charge in [-0.25, -0.2) is 0 Å². The van der Waals surface area contributed by atoms with Crippen LogP contribution in [0.2, 0.25) is 0 Å². The maximum atomic E-state index is 6.31. The highest BCUT2D eigenvalue weighted by Gasteiger charge is 2.26. The summed E-state index contributed by atoms with van der Waals surface area (Å²) in [7, 11) is 0. The molecule has 0 unspecified atom stereocenters. The third kappa shape index (κ3) is 4.40. The molecule has 0 spiro atoms. The molecule has 2 aliphatic rings. The van der Waals surface area contributed by atoms with Gasteiger partial charge in [-0.2, -0.15) is 0 Å². The van der Waals surface area contributed by atoms with E-state index < -0.39 is 0 Å². The van der Waals surface area contributed by atoms with Gasteiger partial charge in [0.2, 0.25) is 0 Å². The molecule has 0 saturated carbocycles. The van der Waals surface area contributed by atoms with E-state index in [0.29, 0.717) is 6.61 Å². The van der Waals surface area contributed by atoms with Gasteiger partial charge in [-0.3, -0.25) is 0 Å². The minimum Gasteiger partial charge on any atom is -0.488 e. The van der Waals surface area contributed by atoms with Crippen LogP contribution in [-0.4, -0.2) is 9.13 Å². The Morgan fingerprint density at radius 3 is 1.98 bits per heavy atom. The summed E-state index contributed by atoms with van der Waals surface area (Å²) in [6.45, 7) is 0.549. The van der Waals surface area contributed by atoms with Crippen molar-refractivity contribution in [3.05, 3.63) is 193 Å². The van der Waals surface area contributed by atoms with Gasteiger partial charge in [-0.15, -0.1) is 0 Å². The summed E-state index contributed by atoms with van der Waals surface area (Å²) in [5.74, 6) is 0.900. The molecule has 58 heavy (non-hydrogen) atoms. The summed E-state index contributed by atoms with van der Waals surface area (Å²) >= 11 is 0. The van der Waals surface area contributed by atoms with E-state index in [2.05, 4.69) is 185 Å². The summed E-state index contributed by atoms with van der Waals surface area (Å²) in [4.78, 5) is 0. The first kappa shape index (κ1) is 31.6. The van der Waals surface area contributed by atoms with Crippen LogP contribution in [0.5, 0.6) is 5.75 Å². The highest BCUT2D eigenvalue weighted by Crippen LogP contribution is 2.45. The SMILES string of the molecule is c1ccc2c(c#1)-c1c(cccc1-n1c3c(c4cc(-c5ccc6c(c5)c5ccccc5n6-c5ccc6c7ccccc7c7ccccc7c6c5)ccc41)C=CCC3)OC2. The lowest BCUT2D eigenvalue weighted by Gasteiger charge is -2.24. The Bertz CT molecular complexity index is 3540. The van der Waals surface area contributed by atoms with Crippen LogP contribution >= 0.6 is 0 Å². The molecule has 13 rings (SSSR count). The molecule has 270 valence electrons. The standard InChI is InChI=1S/C55H34N2O/c1-2-13-38-36(12-1)33-58-54-23-11-22-53(55(38)54)57-50-21-10-8-19-45(50)48-31-35(25-29-52(48)57)34-24-28-51-47(30-34)44-18-7-9-20-49(44)56(51)37-26-27-43-41-16-4-3-14-39(41)40-15-5-6-17-42(40)46(43)32-37/h1,3-9,11-12,14-20,22-32H,10,21,33H2. The molecule has 0 atom stereocenters. The van der Waals surface area contributed by atoms with Crippen molar-refractivity contribution in [1.82, 2.24) is 9.13 Å². The van der Waals surface area contributed by atoms with E-state index in [1.165, 1.54) is 93.1 Å². The number of ether oxygens (including phenoxy) is 1. The molecule has 0 fully saturated rings. The molecule has 0 N–H and O–H groups in total. The fourth-order valence-electron chi connectivity index (χ4n) is 10.1. The van der Waals surface area contributed by atoms with Crippen LogP contribution < -0.4 is 4.74 Å². The van der Waals surface area contributed by atoms with Crippen molar-refractivity contribution < 1.29 is 4.74 Å². The maximum Gasteiger partial charge on any atom is 0.130 e. The van der Waals surface area contributed by atoms with E-state index in [1.807, 2.05) is 6.07 Å². The zero-order valence-corrected chi connectivity index (χ0v) is 31.6. The average molecular weight is 739 g/mol. The number of aromatic nitrogens is 2. The van der Waals surface area contributed by atoms with Gasteiger partial charge in [-0.05, 0) is 123 Å². The third-order valence-corrected chi connectivity index (χ3v) is 12.7. The van der Waals surface area contributed by atoms with Gasteiger partial charge in [-0.1, -0.05) is 115 Å². The normalized spacial score (nSPS) is 13.2. The largest absolute Gasteiger partial charge is 0.488 e. The molecule has 11 aromatic rings. The minimum atomic E-state index is 0.549. The molecule has 0 radical (unpaired) electrons. The van der Waals surface area contributed by atoms with E-state index in [9.17, 15) is 0 Å². The number of rotatable bonds is 3. The molecule has 0 bridgehead atoms. The second kappa shape index (κ2) is 12.0. The Kier molecular flexibility index (Phi) is 6.54. The predicted octanol–water partition coefficient (Wildman–Crippen LogP) is 14.0. The summed E-state index contributed by atoms with van der Waals surface area (Å²) in [5.41, 5.74) is 14.3. The van der Waals surface area contributed by atoms with Crippen LogP contribution in [0, 0.1) is 12.1 Å². The highest BCUT2D eigenvalue weighted by atomic mass is 16.5. The van der Waals surface area contributed by atoms with Gasteiger partial charge in [0, 0.05) is 44.2 Å². The summed E-state index contributed by atoms with van der Waals surface area (Å²) in [6, 6.07) is 64.6. The Balaban J connectivity index is 0.988. The smallest absolute Gasteiger partial charge is 0.130 e. The topological polar surface area (TPSA) is 19.1 Å². The van der Waals surface area contributed by atoms with E-state index in [0.717, 1.165) is 41.0 Å². The molecule has 2 aromatic heterocycles. The first-order valence-corrected chi connectivity index (χ1v) is 20.2. The average Bonchev–Trinajstić information content (AvgIpc) is 3.81. The monoisotopic (exact) mass is 738 g/mol. The maximum absolute atomic E-state index is 6.31. The molecule has 0 amide bonds. The first-order valence-electron chi connectivity index (χ1n) is 20.2. The second-order valence-electron chi connectivity index (χ2n) is 15.7. The van der Waals surface area contributed by atoms with E-state index in [4.69, 9.17) is 4.74 Å². The van der Waals surface area contributed by atoms with Crippen LogP contribution in [0.1, 0.15) is 23.2 Å². The number of allylic oxidation sites excluding steroid dienone is 1. The number of benzene rings is 8. The summed E-state index contributed by atoms with van der Waals surface area (Å²) in [5, 5.41) is 11.5. The van der Waals surface area contributed by atoms with Crippen molar-refractivity contribution >= 4 is 71.1 Å². The van der Waals surface area contributed by atoms with Gasteiger partial charge in [0.1, 0.15) is 12.4 Å². The molecule has 1 aliphatic carbocycles. The number of nitrogens with zero attached hydrogens (tertiary/aromatic N) is 2. The molecule has 9 aromatic carbocycles. The second-order valence-corrected chi connectivity index (χ2v) is 15.7. The lowest BCUT2D eigenvalue weighted by atomic mass is 9.94. The Morgan fingerprint density at radius 2 is 1.19 bits per heavy atom. The summed E-state index contributed by atoms with van der Waals surface area (Å²) < 4.78 is 11.2. The number of fused-ring (bicyclic) bond motifs is 15. The van der Waals surface area contributed by atoms with Crippen LogP contribution in [0.3, 0.4) is 0 Å². The van der Waals surface area contributed by atoms with Gasteiger partial charge in [0.05, 0.1) is 27.8 Å². The van der Waals surface area contributed by atoms with Crippen molar-refractivity contribution in [2.75, 3.05) is 0 Å². The molecule has 0 saturated heterocycles. The molecular formula is C55H34N2O. The van der Waals surface area contributed by atoms with Gasteiger partial charge in [0.25, 0.3) is 0 Å². The van der Waals surface area contributed by atoms with E-state index in [1.54, 1.807) is 0 Å². The van der Waals surface area contributed by atoms with Gasteiger partial charge >= 0.3 is 0 Å². The van der Waals surface area contributed by atoms with Gasteiger partial charge in [0.15, 0.2) is 0 Å². The number of hydrogen-bond donors (Lipinski definition) is 0. The van der Waals surface area contributed by atoms with Crippen molar-refractivity contribution in [2.24, 2.45) is 0 Å². The fraction of sp³-hybridized carbons (Fsp3) is 0.0545. The van der Waals surface area contributed by atoms with Crippen LogP contribution in [0.15, 0.2) is 164 Å². The zero-order valence-electron chi connectivity index (χ0n) is 31.6. The Labute approximate surface area is 335 Å². The molecule has 3 nitrogen and oxygen atoms in total. The van der Waals surface area contributed by atoms with Crippen molar-refractivity contribution in [2.45, 2.75) is 19.4 Å². The van der Waals surface area contributed by atoms with Crippen molar-refractivity contribution in [3.8, 4) is 39.4 Å². The Hall–Kier alpha value is -7.54. The quantitative estimate of drug-likeness (QED) is 0.165. The molecule has 1 aliphatic heterocycles. The lowest BCUT2D eigenvalue weighted by molar-refractivity contribution is 0.302. The first-order chi connectivity index (χ1) is 28.8. The summed E-state index contributed by atoms with van der Waals surface area (Å²) in [6.07, 6.45) is 6.64. The van der Waals surface area contributed by atoms with Crippen molar-refractivity contribution in [3.63, 3.8) is 0 Å². The van der Waals surface area contributed by atoms with Crippen LogP contribution in [0.25, 0.3) is 105 Å². The highest BCUT2D eigenvalue weighted by molar-refractivity contribution is 6.25. The van der Waals surface area contributed by atoms with Crippen LogP contribution in [0.4, 0.5) is 0 Å². The predicted molar refractivity (Wildman–Crippen MR) is 240 cm³/mol. The lowest BCUT2D eigenvalue weighted by Crippen LogP contribution is -2.10. The Morgan fingerprint density at radius 1 is 0.517 bits per heavy atom. The van der Waals surface area contributed by atoms with E-state index >= 15 is 0 Å². The zero-order chi connectivity index (χ0) is 37.9.